The number of methoxy groups -OCH3 is 1. The third-order valence-corrected chi connectivity index (χ3v) is 6.00. The average Bonchev–Trinajstić information content (AvgIpc) is 3.12. The lowest BCUT2D eigenvalue weighted by Gasteiger charge is -2.16. The van der Waals surface area contributed by atoms with E-state index in [1.807, 2.05) is 0 Å². The van der Waals surface area contributed by atoms with Gasteiger partial charge in [-0.25, -0.2) is 17.3 Å². The van der Waals surface area contributed by atoms with Crippen molar-refractivity contribution in [2.45, 2.75) is 4.90 Å². The summed E-state index contributed by atoms with van der Waals surface area (Å²) >= 11 is 0. The summed E-state index contributed by atoms with van der Waals surface area (Å²) in [5, 5.41) is 4.00. The van der Waals surface area contributed by atoms with Crippen LogP contribution in [0.15, 0.2) is 59.6 Å². The number of rotatable bonds is 6. The van der Waals surface area contributed by atoms with Crippen molar-refractivity contribution in [3.63, 3.8) is 0 Å². The van der Waals surface area contributed by atoms with E-state index in [0.29, 0.717) is 16.8 Å². The highest BCUT2D eigenvalue weighted by Crippen LogP contribution is 2.36. The maximum absolute atomic E-state index is 13.2. The van der Waals surface area contributed by atoms with Gasteiger partial charge in [0.2, 0.25) is 5.95 Å². The third-order valence-electron chi connectivity index (χ3n) is 4.61. The van der Waals surface area contributed by atoms with Crippen LogP contribution >= 0.6 is 0 Å². The van der Waals surface area contributed by atoms with E-state index >= 15 is 0 Å². The summed E-state index contributed by atoms with van der Waals surface area (Å²) in [5.41, 5.74) is 12.6. The van der Waals surface area contributed by atoms with Gasteiger partial charge < -0.3 is 16.2 Å². The number of ether oxygens (including phenoxy) is 1. The molecule has 0 saturated heterocycles. The molecule has 0 radical (unpaired) electrons. The summed E-state index contributed by atoms with van der Waals surface area (Å²) in [6, 6.07) is 10.6. The van der Waals surface area contributed by atoms with E-state index in [4.69, 9.17) is 16.2 Å². The summed E-state index contributed by atoms with van der Waals surface area (Å²) in [5.74, 6) is -1.37. The first-order valence-corrected chi connectivity index (χ1v) is 10.6. The molecule has 2 heterocycles. The van der Waals surface area contributed by atoms with Crippen LogP contribution in [0.5, 0.6) is 5.75 Å². The number of aromatic nitrogens is 3. The van der Waals surface area contributed by atoms with Crippen LogP contribution in [0.2, 0.25) is 0 Å². The molecule has 0 spiro atoms. The van der Waals surface area contributed by atoms with Gasteiger partial charge in [-0.1, -0.05) is 0 Å². The Morgan fingerprint density at radius 2 is 1.84 bits per heavy atom. The molecule has 10 nitrogen and oxygen atoms in total. The van der Waals surface area contributed by atoms with E-state index < -0.39 is 21.7 Å². The number of nitrogens with zero attached hydrogens (tertiary/aromatic N) is 3. The molecule has 12 heteroatoms. The van der Waals surface area contributed by atoms with Gasteiger partial charge in [-0.2, -0.15) is 4.98 Å². The topological polar surface area (TPSA) is 155 Å². The van der Waals surface area contributed by atoms with Gasteiger partial charge in [0.05, 0.1) is 23.3 Å². The number of nitrogens with two attached hydrogens (primary N) is 2. The Bertz CT molecular complexity index is 1450. The number of sulfonamides is 1. The second-order valence-electron chi connectivity index (χ2n) is 6.72. The van der Waals surface area contributed by atoms with Crippen LogP contribution in [-0.2, 0) is 10.0 Å². The predicted molar refractivity (Wildman–Crippen MR) is 115 cm³/mol. The lowest BCUT2D eigenvalue weighted by Crippen LogP contribution is -2.17. The van der Waals surface area contributed by atoms with E-state index in [-0.39, 0.29) is 27.8 Å². The molecule has 0 atom stereocenters. The zero-order valence-electron chi connectivity index (χ0n) is 16.6. The highest BCUT2D eigenvalue weighted by molar-refractivity contribution is 7.92. The second kappa shape index (κ2) is 7.81. The predicted octanol–water partition coefficient (Wildman–Crippen LogP) is 2.03. The number of nitrogens with one attached hydrogen (secondary N) is 1. The Hall–Kier alpha value is -4.19. The molecule has 0 bridgehead atoms. The smallest absolute Gasteiger partial charge is 0.262 e. The summed E-state index contributed by atoms with van der Waals surface area (Å²) < 4.78 is 48.0. The average molecular weight is 456 g/mol. The largest absolute Gasteiger partial charge is 0.494 e. The summed E-state index contributed by atoms with van der Waals surface area (Å²) in [4.78, 5) is 16.0. The minimum absolute atomic E-state index is 0.0241. The molecule has 4 rings (SSSR count). The molecular formula is C20H17FN6O4S. The van der Waals surface area contributed by atoms with Crippen LogP contribution in [0, 0.1) is 5.82 Å². The lowest BCUT2D eigenvalue weighted by molar-refractivity contribution is 0.0997. The first kappa shape index (κ1) is 21.1. The number of pyridine rings is 1. The minimum Gasteiger partial charge on any atom is -0.494 e. The Kier molecular flexibility index (Phi) is 5.14. The molecule has 2 aromatic carbocycles. The highest BCUT2D eigenvalue weighted by atomic mass is 32.2. The van der Waals surface area contributed by atoms with Gasteiger partial charge in [0, 0.05) is 6.20 Å². The maximum Gasteiger partial charge on any atom is 0.262 e. The van der Waals surface area contributed by atoms with Crippen LogP contribution in [0.25, 0.3) is 16.8 Å². The molecule has 0 fully saturated rings. The quantitative estimate of drug-likeness (QED) is 0.401. The second-order valence-corrected chi connectivity index (χ2v) is 8.40. The Morgan fingerprint density at radius 3 is 2.50 bits per heavy atom. The molecule has 5 N–H and O–H groups in total. The van der Waals surface area contributed by atoms with Crippen molar-refractivity contribution in [2.75, 3.05) is 17.6 Å². The number of halogens is 1. The molecule has 0 unspecified atom stereocenters. The third kappa shape index (κ3) is 3.90. The van der Waals surface area contributed by atoms with Gasteiger partial charge in [0.1, 0.15) is 5.82 Å². The molecule has 0 aliphatic heterocycles. The highest BCUT2D eigenvalue weighted by Gasteiger charge is 2.22. The molecule has 2 aromatic heterocycles. The van der Waals surface area contributed by atoms with E-state index in [1.165, 1.54) is 23.8 Å². The summed E-state index contributed by atoms with van der Waals surface area (Å²) in [6.45, 7) is 0. The van der Waals surface area contributed by atoms with Crippen LogP contribution in [0.4, 0.5) is 16.0 Å². The Morgan fingerprint density at radius 1 is 1.12 bits per heavy atom. The van der Waals surface area contributed by atoms with Crippen molar-refractivity contribution in [3.8, 4) is 16.9 Å². The van der Waals surface area contributed by atoms with Gasteiger partial charge in [-0.05, 0) is 59.7 Å². The molecular weight excluding hydrogens is 439 g/mol. The van der Waals surface area contributed by atoms with Gasteiger partial charge >= 0.3 is 0 Å². The Labute approximate surface area is 181 Å². The fourth-order valence-corrected chi connectivity index (χ4v) is 4.22. The minimum atomic E-state index is -4.13. The first-order valence-electron chi connectivity index (χ1n) is 9.10. The molecule has 0 aliphatic carbocycles. The summed E-state index contributed by atoms with van der Waals surface area (Å²) in [7, 11) is -2.85. The van der Waals surface area contributed by atoms with E-state index in [1.54, 1.807) is 18.3 Å². The van der Waals surface area contributed by atoms with Crippen LogP contribution in [0.1, 0.15) is 10.4 Å². The van der Waals surface area contributed by atoms with Gasteiger partial charge in [0.15, 0.2) is 11.4 Å². The molecule has 164 valence electrons. The van der Waals surface area contributed by atoms with Crippen molar-refractivity contribution >= 4 is 33.2 Å². The van der Waals surface area contributed by atoms with E-state index in [0.717, 1.165) is 24.3 Å². The summed E-state index contributed by atoms with van der Waals surface area (Å²) in [6.07, 6.45) is 1.62. The maximum atomic E-state index is 13.2. The van der Waals surface area contributed by atoms with Crippen molar-refractivity contribution in [2.24, 2.45) is 5.73 Å². The standard InChI is InChI=1S/C20H17FN6O4S/c1-31-18-15(19(22)28)8-12(11-6-7-27-17(10-11)24-20(23)25-27)9-16(18)26-32(29,30)14-4-2-13(21)3-5-14/h2-10,26H,1H3,(H2,22,28)(H2,23,25). The first-order chi connectivity index (χ1) is 15.2. The number of hydrogen-bond acceptors (Lipinski definition) is 7. The number of carbonyl (C=O) groups is 1. The molecule has 0 saturated carbocycles. The van der Waals surface area contributed by atoms with Gasteiger partial charge in [-0.15, -0.1) is 5.10 Å². The van der Waals surface area contributed by atoms with Gasteiger partial charge in [0.25, 0.3) is 15.9 Å². The van der Waals surface area contributed by atoms with Crippen LogP contribution in [0.3, 0.4) is 0 Å². The van der Waals surface area contributed by atoms with Crippen LogP contribution < -0.4 is 20.9 Å². The van der Waals surface area contributed by atoms with Gasteiger partial charge in [-0.3, -0.25) is 9.52 Å². The number of fused-ring (bicyclic) bond motifs is 1. The zero-order valence-corrected chi connectivity index (χ0v) is 17.4. The molecule has 0 aliphatic rings. The number of nitrogen functional groups attached to an aromatic ring is 1. The van der Waals surface area contributed by atoms with Crippen molar-refractivity contribution in [1.82, 2.24) is 14.6 Å². The van der Waals surface area contributed by atoms with Crippen molar-refractivity contribution in [1.29, 1.82) is 0 Å². The van der Waals surface area contributed by atoms with E-state index in [9.17, 15) is 17.6 Å². The lowest BCUT2D eigenvalue weighted by atomic mass is 10.0. The number of carbonyl (C=O) groups excluding carboxylic acids is 1. The number of hydrogen-bond donors (Lipinski definition) is 3. The Balaban J connectivity index is 1.86. The SMILES string of the molecule is COc1c(NS(=O)(=O)c2ccc(F)cc2)cc(-c2ccn3nc(N)nc3c2)cc1C(N)=O. The molecule has 4 aromatic rings. The number of primary amides is 1. The fraction of sp³-hybridized carbons (Fsp3) is 0.0500. The number of anilines is 2. The monoisotopic (exact) mass is 456 g/mol. The normalized spacial score (nSPS) is 11.4. The van der Waals surface area contributed by atoms with Crippen molar-refractivity contribution < 1.29 is 22.3 Å². The number of benzene rings is 2. The van der Waals surface area contributed by atoms with E-state index in [2.05, 4.69) is 14.8 Å². The molecule has 1 amide bonds. The number of amides is 1. The zero-order chi connectivity index (χ0) is 23.0. The molecule has 32 heavy (non-hydrogen) atoms. The fourth-order valence-electron chi connectivity index (χ4n) is 3.17. The van der Waals surface area contributed by atoms with Crippen molar-refractivity contribution in [3.05, 3.63) is 66.1 Å². The van der Waals surface area contributed by atoms with Crippen LogP contribution in [-0.4, -0.2) is 36.0 Å².